The van der Waals surface area contributed by atoms with E-state index in [4.69, 9.17) is 11.6 Å². The Balaban J connectivity index is 0.00000196. The van der Waals surface area contributed by atoms with Crippen molar-refractivity contribution in [1.29, 1.82) is 0 Å². The van der Waals surface area contributed by atoms with Crippen molar-refractivity contribution in [1.82, 2.24) is 9.78 Å². The van der Waals surface area contributed by atoms with Crippen LogP contribution >= 0.6 is 11.6 Å². The molecule has 1 aromatic heterocycles. The van der Waals surface area contributed by atoms with Crippen molar-refractivity contribution in [3.05, 3.63) is 21.3 Å². The number of nitro groups is 1. The molecule has 1 aromatic rings. The smallest absolute Gasteiger partial charge is 0.448 e. The molecule has 1 heterocycles. The van der Waals surface area contributed by atoms with E-state index >= 15 is 0 Å². The largest absolute Gasteiger partial charge is 1.00 e. The Hall–Kier alpha value is 0.391. The second kappa shape index (κ2) is 5.64. The third kappa shape index (κ3) is 4.83. The number of hydrogen-bond donors (Lipinski definition) is 0. The quantitative estimate of drug-likeness (QED) is 0.394. The normalized spacial score (nSPS) is 10.9. The Bertz CT molecular complexity index is 371. The van der Waals surface area contributed by atoms with Crippen molar-refractivity contribution in [2.75, 3.05) is 0 Å². The van der Waals surface area contributed by atoms with Crippen LogP contribution in [0.1, 0.15) is 0 Å². The zero-order valence-corrected chi connectivity index (χ0v) is 11.4. The zero-order valence-electron chi connectivity index (χ0n) is 7.53. The molecular weight excluding hydrogens is 264 g/mol. The molecular formula is C4H3BClF3KN3O2. The maximum absolute atomic E-state index is 11.9. The van der Waals surface area contributed by atoms with E-state index in [0.29, 0.717) is 4.68 Å². The van der Waals surface area contributed by atoms with Gasteiger partial charge in [0.2, 0.25) is 0 Å². The van der Waals surface area contributed by atoms with Crippen LogP contribution in [0.15, 0.2) is 6.20 Å². The van der Waals surface area contributed by atoms with Crippen LogP contribution in [0.3, 0.4) is 0 Å². The zero-order chi connectivity index (χ0) is 10.9. The standard InChI is InChI=1S/C4H3BClF3N3O2.K/c6-3-1-11(2-5(7,8)9)10-4(3)12(13)14;/h1H,2H2;/q-1;+1. The van der Waals surface area contributed by atoms with Crippen LogP contribution in [0.25, 0.3) is 0 Å². The van der Waals surface area contributed by atoms with Crippen molar-refractivity contribution in [2.45, 2.75) is 6.44 Å². The summed E-state index contributed by atoms with van der Waals surface area (Å²) in [6, 6.07) is 0. The molecule has 0 radical (unpaired) electrons. The van der Waals surface area contributed by atoms with Gasteiger partial charge in [0.25, 0.3) is 0 Å². The first kappa shape index (κ1) is 15.4. The Morgan fingerprint density at radius 1 is 1.60 bits per heavy atom. The monoisotopic (exact) mass is 267 g/mol. The van der Waals surface area contributed by atoms with Crippen LogP contribution in [-0.4, -0.2) is 21.7 Å². The summed E-state index contributed by atoms with van der Waals surface area (Å²) in [5, 5.41) is 12.8. The molecule has 1 rings (SSSR count). The van der Waals surface area contributed by atoms with Crippen LogP contribution in [0.4, 0.5) is 18.8 Å². The summed E-state index contributed by atoms with van der Waals surface area (Å²) >= 11 is 5.28. The number of hydrogen-bond acceptors (Lipinski definition) is 3. The predicted octanol–water partition coefficient (Wildman–Crippen LogP) is -1.16. The van der Waals surface area contributed by atoms with E-state index in [0.717, 1.165) is 6.20 Å². The van der Waals surface area contributed by atoms with Gasteiger partial charge in [-0.1, -0.05) is 11.6 Å². The molecule has 0 aromatic carbocycles. The first-order valence-electron chi connectivity index (χ1n) is 3.38. The van der Waals surface area contributed by atoms with Crippen LogP contribution in [0.5, 0.6) is 0 Å². The molecule has 0 amide bonds. The fraction of sp³-hybridized carbons (Fsp3) is 0.250. The molecule has 0 aliphatic heterocycles. The van der Waals surface area contributed by atoms with Crippen molar-refractivity contribution in [3.8, 4) is 0 Å². The summed E-state index contributed by atoms with van der Waals surface area (Å²) in [6.45, 7) is -5.09. The molecule has 0 unspecified atom stereocenters. The minimum Gasteiger partial charge on any atom is -0.448 e. The Kier molecular flexibility index (Phi) is 5.79. The first-order valence-corrected chi connectivity index (χ1v) is 3.76. The van der Waals surface area contributed by atoms with Gasteiger partial charge in [0.05, 0.1) is 11.3 Å². The molecule has 15 heavy (non-hydrogen) atoms. The van der Waals surface area contributed by atoms with Crippen LogP contribution < -0.4 is 51.4 Å². The van der Waals surface area contributed by atoms with Gasteiger partial charge in [-0.2, -0.15) is 0 Å². The van der Waals surface area contributed by atoms with Gasteiger partial charge in [-0.15, -0.1) is 0 Å². The minimum atomic E-state index is -5.09. The Morgan fingerprint density at radius 2 is 2.13 bits per heavy atom. The van der Waals surface area contributed by atoms with Gasteiger partial charge in [-0.3, -0.25) is 0 Å². The molecule has 0 saturated heterocycles. The number of nitrogens with zero attached hydrogens (tertiary/aromatic N) is 3. The van der Waals surface area contributed by atoms with Crippen LogP contribution in [0, 0.1) is 10.1 Å². The van der Waals surface area contributed by atoms with Crippen molar-refractivity contribution in [3.63, 3.8) is 0 Å². The summed E-state index contributed by atoms with van der Waals surface area (Å²) in [4.78, 5) is 9.23. The number of rotatable bonds is 3. The van der Waals surface area contributed by atoms with E-state index in [-0.39, 0.29) is 51.4 Å². The molecule has 0 saturated carbocycles. The molecule has 11 heteroatoms. The molecule has 0 spiro atoms. The summed E-state index contributed by atoms with van der Waals surface area (Å²) in [6.07, 6.45) is -0.567. The number of aromatic nitrogens is 2. The van der Waals surface area contributed by atoms with Gasteiger partial charge in [0.15, 0.2) is 5.02 Å². The fourth-order valence-corrected chi connectivity index (χ4v) is 1.04. The molecule has 0 atom stereocenters. The van der Waals surface area contributed by atoms with Crippen LogP contribution in [-0.2, 0) is 6.44 Å². The van der Waals surface area contributed by atoms with Crippen molar-refractivity contribution in [2.24, 2.45) is 0 Å². The number of halogens is 4. The van der Waals surface area contributed by atoms with Gasteiger partial charge in [0.1, 0.15) is 0 Å². The van der Waals surface area contributed by atoms with Gasteiger partial charge < -0.3 is 23.1 Å². The third-order valence-corrected chi connectivity index (χ3v) is 1.53. The average Bonchev–Trinajstić information content (AvgIpc) is 2.26. The van der Waals surface area contributed by atoms with Gasteiger partial charge in [-0.25, -0.2) is 4.68 Å². The molecule has 0 fully saturated rings. The molecule has 0 aliphatic rings. The molecule has 78 valence electrons. The predicted molar refractivity (Wildman–Crippen MR) is 43.0 cm³/mol. The second-order valence-corrected chi connectivity index (χ2v) is 2.90. The fourth-order valence-electron chi connectivity index (χ4n) is 0.816. The van der Waals surface area contributed by atoms with Gasteiger partial charge in [0, 0.05) is 6.44 Å². The Morgan fingerprint density at radius 3 is 2.47 bits per heavy atom. The summed E-state index contributed by atoms with van der Waals surface area (Å²) < 4.78 is 36.0. The SMILES string of the molecule is O=[N+]([O-])c1nn(C[B-](F)(F)F)cc1Cl.[K+]. The Labute approximate surface area is 130 Å². The first-order chi connectivity index (χ1) is 6.29. The third-order valence-electron chi connectivity index (χ3n) is 1.27. The maximum atomic E-state index is 11.9. The van der Waals surface area contributed by atoms with Crippen LogP contribution in [0.2, 0.25) is 5.02 Å². The summed E-state index contributed by atoms with van der Waals surface area (Å²) in [5.41, 5.74) is 0. The van der Waals surface area contributed by atoms with E-state index in [1.54, 1.807) is 0 Å². The maximum Gasteiger partial charge on any atom is 1.00 e. The summed E-state index contributed by atoms with van der Waals surface area (Å²) in [5.74, 6) is -0.772. The van der Waals surface area contributed by atoms with E-state index in [9.17, 15) is 23.1 Å². The molecule has 0 N–H and O–H groups in total. The van der Waals surface area contributed by atoms with Crippen molar-refractivity contribution >= 4 is 24.4 Å². The van der Waals surface area contributed by atoms with E-state index < -0.39 is 29.2 Å². The molecule has 5 nitrogen and oxygen atoms in total. The average molecular weight is 267 g/mol. The summed E-state index contributed by atoms with van der Waals surface area (Å²) in [7, 11) is 0. The van der Waals surface area contributed by atoms with Gasteiger partial charge >= 0.3 is 64.2 Å². The second-order valence-electron chi connectivity index (χ2n) is 2.49. The van der Waals surface area contributed by atoms with E-state index in [1.807, 2.05) is 0 Å². The minimum absolute atomic E-state index is 0. The van der Waals surface area contributed by atoms with Crippen molar-refractivity contribution < 1.29 is 69.3 Å². The van der Waals surface area contributed by atoms with E-state index in [1.165, 1.54) is 0 Å². The molecule has 0 aliphatic carbocycles. The topological polar surface area (TPSA) is 61.0 Å². The van der Waals surface area contributed by atoms with E-state index in [2.05, 4.69) is 5.10 Å². The van der Waals surface area contributed by atoms with Gasteiger partial charge in [-0.05, 0) is 4.92 Å². The molecule has 0 bridgehead atoms.